The van der Waals surface area contributed by atoms with E-state index in [2.05, 4.69) is 15.9 Å². The van der Waals surface area contributed by atoms with E-state index in [1.807, 2.05) is 104 Å². The summed E-state index contributed by atoms with van der Waals surface area (Å²) in [5.41, 5.74) is 4.89. The fraction of sp³-hybridized carbons (Fsp3) is 0.0667. The summed E-state index contributed by atoms with van der Waals surface area (Å²) >= 11 is 3.51. The van der Waals surface area contributed by atoms with Gasteiger partial charge in [-0.3, -0.25) is 4.31 Å². The summed E-state index contributed by atoms with van der Waals surface area (Å²) in [6.07, 6.45) is 2.00. The number of para-hydroxylation sites is 1. The van der Waals surface area contributed by atoms with E-state index in [0.717, 1.165) is 32.1 Å². The lowest BCUT2D eigenvalue weighted by Crippen LogP contribution is -2.36. The Kier molecular flexibility index (Phi) is 5.58. The second kappa shape index (κ2) is 8.80. The van der Waals surface area contributed by atoms with Gasteiger partial charge in [-0.25, -0.2) is 8.42 Å². The maximum absolute atomic E-state index is 14.3. The predicted octanol–water partition coefficient (Wildman–Crippen LogP) is 7.89. The van der Waals surface area contributed by atoms with E-state index in [9.17, 15) is 8.42 Å². The molecule has 6 heteroatoms. The third kappa shape index (κ3) is 3.77. The van der Waals surface area contributed by atoms with Gasteiger partial charge >= 0.3 is 0 Å². The Hall–Kier alpha value is -3.61. The second-order valence-corrected chi connectivity index (χ2v) is 11.6. The summed E-state index contributed by atoms with van der Waals surface area (Å²) in [5, 5.41) is 0.756. The van der Waals surface area contributed by atoms with Gasteiger partial charge in [0.2, 0.25) is 0 Å². The molecule has 0 N–H and O–H groups in total. The van der Waals surface area contributed by atoms with Gasteiger partial charge in [-0.05, 0) is 60.5 Å². The zero-order valence-corrected chi connectivity index (χ0v) is 21.8. The molecule has 0 fully saturated rings. The largest absolute Gasteiger partial charge is 0.454 e. The van der Waals surface area contributed by atoms with Crippen LogP contribution in [0.3, 0.4) is 0 Å². The summed E-state index contributed by atoms with van der Waals surface area (Å²) in [4.78, 5) is 0.239. The monoisotopic (exact) mass is 555 g/mol. The number of benzene rings is 4. The van der Waals surface area contributed by atoms with Crippen molar-refractivity contribution in [3.05, 3.63) is 136 Å². The Morgan fingerprint density at radius 3 is 2.19 bits per heavy atom. The number of furan rings is 1. The van der Waals surface area contributed by atoms with Crippen molar-refractivity contribution in [2.75, 3.05) is 4.31 Å². The molecule has 0 saturated heterocycles. The van der Waals surface area contributed by atoms with E-state index in [0.29, 0.717) is 17.0 Å². The molecule has 1 unspecified atom stereocenters. The predicted molar refractivity (Wildman–Crippen MR) is 147 cm³/mol. The van der Waals surface area contributed by atoms with Gasteiger partial charge < -0.3 is 4.42 Å². The molecule has 36 heavy (non-hydrogen) atoms. The number of sulfonamides is 1. The maximum atomic E-state index is 14.3. The first-order valence-corrected chi connectivity index (χ1v) is 13.8. The molecule has 1 atom stereocenters. The molecule has 178 valence electrons. The first kappa shape index (κ1) is 22.8. The minimum Gasteiger partial charge on any atom is -0.454 e. The Bertz CT molecular complexity index is 1700. The highest BCUT2D eigenvalue weighted by Gasteiger charge is 2.40. The highest BCUT2D eigenvalue weighted by atomic mass is 79.9. The number of halogens is 1. The third-order valence-electron chi connectivity index (χ3n) is 6.49. The molecule has 4 aromatic carbocycles. The van der Waals surface area contributed by atoms with Gasteiger partial charge in [-0.2, -0.15) is 0 Å². The number of hydrogen-bond acceptors (Lipinski definition) is 3. The van der Waals surface area contributed by atoms with Crippen LogP contribution < -0.4 is 4.31 Å². The number of hydrogen-bond donors (Lipinski definition) is 0. The first-order chi connectivity index (χ1) is 17.4. The molecule has 0 spiro atoms. The van der Waals surface area contributed by atoms with E-state index >= 15 is 0 Å². The molecule has 0 saturated carbocycles. The van der Waals surface area contributed by atoms with E-state index in [4.69, 9.17) is 4.42 Å². The summed E-state index contributed by atoms with van der Waals surface area (Å²) in [7, 11) is -3.95. The molecule has 1 aliphatic rings. The van der Waals surface area contributed by atoms with Gasteiger partial charge in [0.05, 0.1) is 10.9 Å². The van der Waals surface area contributed by atoms with Gasteiger partial charge in [-0.15, -0.1) is 0 Å². The van der Waals surface area contributed by atoms with Crippen molar-refractivity contribution in [2.45, 2.75) is 17.9 Å². The number of fused-ring (bicyclic) bond motifs is 3. The van der Waals surface area contributed by atoms with Crippen molar-refractivity contribution < 1.29 is 12.8 Å². The smallest absolute Gasteiger partial charge is 0.265 e. The molecule has 5 aromatic rings. The second-order valence-electron chi connectivity index (χ2n) is 8.83. The van der Waals surface area contributed by atoms with E-state index in [1.54, 1.807) is 12.1 Å². The van der Waals surface area contributed by atoms with Gasteiger partial charge in [0, 0.05) is 15.4 Å². The molecule has 6 rings (SSSR count). The normalized spacial score (nSPS) is 15.6. The van der Waals surface area contributed by atoms with Gasteiger partial charge in [0.1, 0.15) is 11.3 Å². The lowest BCUT2D eigenvalue weighted by Gasteiger charge is -2.35. The van der Waals surface area contributed by atoms with Gasteiger partial charge in [0.25, 0.3) is 10.0 Å². The molecule has 1 aromatic heterocycles. The van der Waals surface area contributed by atoms with Crippen LogP contribution in [-0.4, -0.2) is 8.42 Å². The summed E-state index contributed by atoms with van der Waals surface area (Å²) < 4.78 is 37.5. The van der Waals surface area contributed by atoms with Crippen LogP contribution in [0.5, 0.6) is 0 Å². The van der Waals surface area contributed by atoms with E-state index in [-0.39, 0.29) is 4.90 Å². The standard InChI is InChI=1S/C30H22BrNO3S/c1-20-11-17-24(18-12-20)36(33,34)32-27(22-13-15-23(31)16-14-22)19-26(21-7-3-2-4-8-21)30-29(32)25-9-5-6-10-28(25)35-30/h2-19,27H,1H3. The molecular weight excluding hydrogens is 534 g/mol. The zero-order valence-electron chi connectivity index (χ0n) is 19.4. The Labute approximate surface area is 218 Å². The Balaban J connectivity index is 1.68. The van der Waals surface area contributed by atoms with Gasteiger partial charge in [0.15, 0.2) is 5.76 Å². The topological polar surface area (TPSA) is 50.5 Å². The third-order valence-corrected chi connectivity index (χ3v) is 8.81. The van der Waals surface area contributed by atoms with Crippen LogP contribution in [0.1, 0.15) is 28.5 Å². The van der Waals surface area contributed by atoms with Crippen molar-refractivity contribution >= 4 is 48.2 Å². The fourth-order valence-electron chi connectivity index (χ4n) is 4.70. The van der Waals surface area contributed by atoms with Crippen LogP contribution in [0.15, 0.2) is 123 Å². The number of rotatable bonds is 4. The summed E-state index contributed by atoms with van der Waals surface area (Å²) in [6, 6.07) is 31.7. The lowest BCUT2D eigenvalue weighted by atomic mass is 9.93. The number of anilines is 1. The molecule has 0 bridgehead atoms. The van der Waals surface area contributed by atoms with Crippen molar-refractivity contribution in [3.8, 4) is 0 Å². The lowest BCUT2D eigenvalue weighted by molar-refractivity contribution is 0.576. The highest BCUT2D eigenvalue weighted by Crippen LogP contribution is 2.50. The molecule has 0 aliphatic carbocycles. The van der Waals surface area contributed by atoms with Crippen molar-refractivity contribution in [1.29, 1.82) is 0 Å². The zero-order chi connectivity index (χ0) is 24.9. The fourth-order valence-corrected chi connectivity index (χ4v) is 6.58. The van der Waals surface area contributed by atoms with Crippen LogP contribution in [-0.2, 0) is 10.0 Å². The van der Waals surface area contributed by atoms with Crippen molar-refractivity contribution in [2.24, 2.45) is 0 Å². The van der Waals surface area contributed by atoms with Crippen LogP contribution in [0.25, 0.3) is 16.5 Å². The van der Waals surface area contributed by atoms with Crippen LogP contribution in [0.2, 0.25) is 0 Å². The van der Waals surface area contributed by atoms with Gasteiger partial charge in [-0.1, -0.05) is 88.2 Å². The number of aryl methyl sites for hydroxylation is 1. The molecule has 4 nitrogen and oxygen atoms in total. The van der Waals surface area contributed by atoms with Crippen molar-refractivity contribution in [3.63, 3.8) is 0 Å². The maximum Gasteiger partial charge on any atom is 0.265 e. The summed E-state index contributed by atoms with van der Waals surface area (Å²) in [5.74, 6) is 0.548. The van der Waals surface area contributed by atoms with Crippen LogP contribution in [0, 0.1) is 6.92 Å². The SMILES string of the molecule is Cc1ccc(S(=O)(=O)N2c3c(oc4ccccc34)C(c3ccccc3)=CC2c2ccc(Br)cc2)cc1. The van der Waals surface area contributed by atoms with Crippen LogP contribution in [0.4, 0.5) is 5.69 Å². The Morgan fingerprint density at radius 2 is 1.47 bits per heavy atom. The van der Waals surface area contributed by atoms with Crippen molar-refractivity contribution in [1.82, 2.24) is 0 Å². The highest BCUT2D eigenvalue weighted by molar-refractivity contribution is 9.10. The van der Waals surface area contributed by atoms with Crippen LogP contribution >= 0.6 is 15.9 Å². The average molecular weight is 556 g/mol. The average Bonchev–Trinajstić information content (AvgIpc) is 3.28. The molecule has 1 aliphatic heterocycles. The quantitative estimate of drug-likeness (QED) is 0.226. The van der Waals surface area contributed by atoms with E-state index < -0.39 is 16.1 Å². The first-order valence-electron chi connectivity index (χ1n) is 11.6. The molecule has 2 heterocycles. The minimum atomic E-state index is -3.95. The molecule has 0 amide bonds. The number of nitrogens with zero attached hydrogens (tertiary/aromatic N) is 1. The molecule has 0 radical (unpaired) electrons. The summed E-state index contributed by atoms with van der Waals surface area (Å²) in [6.45, 7) is 1.94. The molecular formula is C30H22BrNO3S. The minimum absolute atomic E-state index is 0.239. The Morgan fingerprint density at radius 1 is 0.806 bits per heavy atom. The van der Waals surface area contributed by atoms with E-state index in [1.165, 1.54) is 4.31 Å².